The summed E-state index contributed by atoms with van der Waals surface area (Å²) in [6, 6.07) is 13.2. The average Bonchev–Trinajstić information content (AvgIpc) is 3.36. The van der Waals surface area contributed by atoms with Crippen molar-refractivity contribution in [3.05, 3.63) is 77.1 Å². The molecule has 0 aliphatic heterocycles. The highest BCUT2D eigenvalue weighted by Crippen LogP contribution is 2.24. The second-order valence-electron chi connectivity index (χ2n) is 6.43. The minimum Gasteiger partial charge on any atom is -0.484 e. The average molecular weight is 424 g/mol. The molecule has 2 aromatic heterocycles. The summed E-state index contributed by atoms with van der Waals surface area (Å²) >= 11 is 1.38. The van der Waals surface area contributed by atoms with Crippen LogP contribution in [0.25, 0.3) is 10.6 Å². The van der Waals surface area contributed by atoms with E-state index in [-0.39, 0.29) is 24.8 Å². The van der Waals surface area contributed by atoms with Crippen LogP contribution >= 0.6 is 11.3 Å². The van der Waals surface area contributed by atoms with Gasteiger partial charge in [0.25, 0.3) is 5.89 Å². The molecule has 152 valence electrons. The van der Waals surface area contributed by atoms with Gasteiger partial charge in [-0.15, -0.1) is 11.3 Å². The van der Waals surface area contributed by atoms with Crippen molar-refractivity contribution in [2.45, 2.75) is 20.0 Å². The van der Waals surface area contributed by atoms with Crippen LogP contribution in [-0.4, -0.2) is 21.0 Å². The molecule has 0 atom stereocenters. The van der Waals surface area contributed by atoms with Gasteiger partial charge in [-0.1, -0.05) is 17.3 Å². The topological polar surface area (TPSA) is 90.1 Å². The van der Waals surface area contributed by atoms with Crippen molar-refractivity contribution < 1.29 is 18.4 Å². The Bertz CT molecular complexity index is 1160. The van der Waals surface area contributed by atoms with E-state index in [0.717, 1.165) is 0 Å². The number of aromatic nitrogens is 3. The van der Waals surface area contributed by atoms with Gasteiger partial charge in [-0.2, -0.15) is 4.98 Å². The fraction of sp³-hybridized carbons (Fsp3) is 0.143. The van der Waals surface area contributed by atoms with Gasteiger partial charge in [0.05, 0.1) is 12.1 Å². The van der Waals surface area contributed by atoms with E-state index in [9.17, 15) is 9.18 Å². The molecule has 4 aromatic rings. The molecule has 0 spiro atoms. The first-order valence-corrected chi connectivity index (χ1v) is 9.95. The number of amides is 1. The number of hydrogen-bond donors (Lipinski definition) is 1. The van der Waals surface area contributed by atoms with Crippen molar-refractivity contribution in [3.63, 3.8) is 0 Å². The van der Waals surface area contributed by atoms with E-state index in [1.165, 1.54) is 23.5 Å². The Labute approximate surface area is 175 Å². The predicted octanol–water partition coefficient (Wildman–Crippen LogP) is 4.40. The third-order valence-corrected chi connectivity index (χ3v) is 4.98. The highest BCUT2D eigenvalue weighted by atomic mass is 32.1. The number of halogens is 1. The largest absolute Gasteiger partial charge is 0.484 e. The summed E-state index contributed by atoms with van der Waals surface area (Å²) in [4.78, 5) is 20.8. The van der Waals surface area contributed by atoms with Crippen LogP contribution in [0.1, 0.15) is 17.4 Å². The molecule has 0 unspecified atom stereocenters. The molecule has 0 saturated heterocycles. The third kappa shape index (κ3) is 5.06. The molecule has 2 heterocycles. The van der Waals surface area contributed by atoms with Crippen molar-refractivity contribution in [2.75, 3.05) is 5.32 Å². The molecule has 4 rings (SSSR count). The van der Waals surface area contributed by atoms with Crippen molar-refractivity contribution in [3.8, 4) is 16.3 Å². The highest BCUT2D eigenvalue weighted by Gasteiger charge is 2.10. The lowest BCUT2D eigenvalue weighted by molar-refractivity contribution is -0.115. The number of anilines is 1. The summed E-state index contributed by atoms with van der Waals surface area (Å²) in [5, 5.41) is 9.00. The van der Waals surface area contributed by atoms with Gasteiger partial charge in [-0.25, -0.2) is 9.37 Å². The molecule has 0 bridgehead atoms. The standard InChI is InChI=1S/C21H17FN4O3S/c1-13-23-20(29-26-13)11-28-18-7-5-16(6-8-18)24-19(27)10-17-12-30-21(25-17)14-3-2-4-15(22)9-14/h2-9,12H,10-11H2,1H3,(H,24,27). The normalized spacial score (nSPS) is 10.7. The Morgan fingerprint density at radius 2 is 2.03 bits per heavy atom. The van der Waals surface area contributed by atoms with Crippen molar-refractivity contribution in [1.29, 1.82) is 0 Å². The summed E-state index contributed by atoms with van der Waals surface area (Å²) in [5.41, 5.74) is 1.96. The number of carbonyl (C=O) groups excluding carboxylic acids is 1. The summed E-state index contributed by atoms with van der Waals surface area (Å²) in [6.45, 7) is 1.91. The van der Waals surface area contributed by atoms with Crippen LogP contribution < -0.4 is 10.1 Å². The number of nitrogens with one attached hydrogen (secondary N) is 1. The molecule has 30 heavy (non-hydrogen) atoms. The highest BCUT2D eigenvalue weighted by molar-refractivity contribution is 7.13. The lowest BCUT2D eigenvalue weighted by Crippen LogP contribution is -2.14. The smallest absolute Gasteiger partial charge is 0.264 e. The molecule has 0 aliphatic rings. The van der Waals surface area contributed by atoms with Crippen molar-refractivity contribution in [2.24, 2.45) is 0 Å². The second kappa shape index (κ2) is 8.83. The fourth-order valence-electron chi connectivity index (χ4n) is 2.69. The molecule has 2 aromatic carbocycles. The van der Waals surface area contributed by atoms with Crippen LogP contribution in [-0.2, 0) is 17.8 Å². The van der Waals surface area contributed by atoms with Gasteiger partial charge in [0.2, 0.25) is 5.91 Å². The monoisotopic (exact) mass is 424 g/mol. The van der Waals surface area contributed by atoms with Gasteiger partial charge in [0.1, 0.15) is 16.6 Å². The molecule has 0 fully saturated rings. The number of benzene rings is 2. The Kier molecular flexibility index (Phi) is 5.80. The molecule has 0 radical (unpaired) electrons. The third-order valence-electron chi connectivity index (χ3n) is 4.04. The number of rotatable bonds is 7. The Morgan fingerprint density at radius 3 is 2.77 bits per heavy atom. The zero-order valence-corrected chi connectivity index (χ0v) is 16.8. The van der Waals surface area contributed by atoms with E-state index in [1.807, 2.05) is 0 Å². The maximum absolute atomic E-state index is 13.4. The van der Waals surface area contributed by atoms with Gasteiger partial charge in [-0.05, 0) is 43.3 Å². The zero-order chi connectivity index (χ0) is 20.9. The molecule has 7 nitrogen and oxygen atoms in total. The number of aryl methyl sites for hydroxylation is 1. The molecule has 0 saturated carbocycles. The lowest BCUT2D eigenvalue weighted by atomic mass is 10.2. The minimum absolute atomic E-state index is 0.126. The Morgan fingerprint density at radius 1 is 1.20 bits per heavy atom. The predicted molar refractivity (Wildman–Crippen MR) is 110 cm³/mol. The van der Waals surface area contributed by atoms with E-state index in [0.29, 0.717) is 39.4 Å². The van der Waals surface area contributed by atoms with Crippen LogP contribution in [0.4, 0.5) is 10.1 Å². The van der Waals surface area contributed by atoms with E-state index in [2.05, 4.69) is 20.4 Å². The Hall–Kier alpha value is -3.59. The van der Waals surface area contributed by atoms with E-state index < -0.39 is 0 Å². The van der Waals surface area contributed by atoms with Crippen LogP contribution in [0.5, 0.6) is 5.75 Å². The van der Waals surface area contributed by atoms with E-state index >= 15 is 0 Å². The number of ether oxygens (including phenoxy) is 1. The molecular formula is C21H17FN4O3S. The SMILES string of the molecule is Cc1noc(COc2ccc(NC(=O)Cc3csc(-c4cccc(F)c4)n3)cc2)n1. The first-order valence-electron chi connectivity index (χ1n) is 9.07. The molecule has 0 aliphatic carbocycles. The second-order valence-corrected chi connectivity index (χ2v) is 7.29. The first kappa shape index (κ1) is 19.7. The number of carbonyl (C=O) groups is 1. The van der Waals surface area contributed by atoms with Crippen molar-refractivity contribution >= 4 is 22.9 Å². The van der Waals surface area contributed by atoms with Crippen molar-refractivity contribution in [1.82, 2.24) is 15.1 Å². The maximum Gasteiger partial charge on any atom is 0.264 e. The number of thiazole rings is 1. The zero-order valence-electron chi connectivity index (χ0n) is 16.0. The summed E-state index contributed by atoms with van der Waals surface area (Å²) < 4.78 is 23.9. The van der Waals surface area contributed by atoms with Gasteiger partial charge in [-0.3, -0.25) is 4.79 Å². The van der Waals surface area contributed by atoms with Gasteiger partial charge in [0.15, 0.2) is 12.4 Å². The number of nitrogens with zero attached hydrogens (tertiary/aromatic N) is 3. The van der Waals surface area contributed by atoms with Crippen LogP contribution in [0.15, 0.2) is 58.4 Å². The minimum atomic E-state index is -0.318. The van der Waals surface area contributed by atoms with E-state index in [4.69, 9.17) is 9.26 Å². The summed E-state index contributed by atoms with van der Waals surface area (Å²) in [6.07, 6.45) is 0.126. The maximum atomic E-state index is 13.4. The van der Waals surface area contributed by atoms with Crippen LogP contribution in [0.2, 0.25) is 0 Å². The summed E-state index contributed by atoms with van der Waals surface area (Å²) in [5.74, 6) is 1.05. The first-order chi connectivity index (χ1) is 14.5. The van der Waals surface area contributed by atoms with Gasteiger partial charge < -0.3 is 14.6 Å². The van der Waals surface area contributed by atoms with Gasteiger partial charge in [0, 0.05) is 16.6 Å². The number of hydrogen-bond acceptors (Lipinski definition) is 7. The molecular weight excluding hydrogens is 407 g/mol. The van der Waals surface area contributed by atoms with Crippen LogP contribution in [0.3, 0.4) is 0 Å². The lowest BCUT2D eigenvalue weighted by Gasteiger charge is -2.06. The van der Waals surface area contributed by atoms with E-state index in [1.54, 1.807) is 48.7 Å². The molecule has 1 amide bonds. The van der Waals surface area contributed by atoms with Crippen LogP contribution in [0, 0.1) is 12.7 Å². The summed E-state index contributed by atoms with van der Waals surface area (Å²) in [7, 11) is 0. The molecule has 1 N–H and O–H groups in total. The van der Waals surface area contributed by atoms with Gasteiger partial charge >= 0.3 is 0 Å². The molecule has 9 heteroatoms. The quantitative estimate of drug-likeness (QED) is 0.473. The Balaban J connectivity index is 1.31. The fourth-order valence-corrected chi connectivity index (χ4v) is 3.51.